The lowest BCUT2D eigenvalue weighted by Gasteiger charge is -2.12. The van der Waals surface area contributed by atoms with Crippen LogP contribution >= 0.6 is 15.9 Å². The summed E-state index contributed by atoms with van der Waals surface area (Å²) in [5, 5.41) is 7.58. The van der Waals surface area contributed by atoms with Crippen molar-refractivity contribution >= 4 is 27.9 Å². The topological polar surface area (TPSA) is 92.4 Å². The van der Waals surface area contributed by atoms with E-state index in [1.807, 2.05) is 24.3 Å². The molecular formula is C17H18BrN3O4. The monoisotopic (exact) mass is 407 g/mol. The average Bonchev–Trinajstić information content (AvgIpc) is 3.09. The van der Waals surface area contributed by atoms with Crippen LogP contribution in [0.2, 0.25) is 0 Å². The number of benzene rings is 1. The molecule has 132 valence electrons. The van der Waals surface area contributed by atoms with Crippen molar-refractivity contribution in [1.82, 2.24) is 15.1 Å². The predicted octanol–water partition coefficient (Wildman–Crippen LogP) is 2.31. The Morgan fingerprint density at radius 3 is 2.64 bits per heavy atom. The second kappa shape index (κ2) is 6.61. The third kappa shape index (κ3) is 3.19. The van der Waals surface area contributed by atoms with Gasteiger partial charge in [0, 0.05) is 10.0 Å². The van der Waals surface area contributed by atoms with E-state index in [2.05, 4.69) is 26.3 Å². The van der Waals surface area contributed by atoms with E-state index in [-0.39, 0.29) is 12.3 Å². The van der Waals surface area contributed by atoms with Crippen LogP contribution in [-0.2, 0) is 19.9 Å². The first-order valence-corrected chi connectivity index (χ1v) is 8.59. The molecule has 0 aliphatic carbocycles. The molecule has 1 aliphatic heterocycles. The van der Waals surface area contributed by atoms with Crippen molar-refractivity contribution in [3.05, 3.63) is 40.5 Å². The number of ether oxygens (including phenoxy) is 2. The molecule has 0 unspecified atom stereocenters. The smallest absolute Gasteiger partial charge is 0.356 e. The van der Waals surface area contributed by atoms with Crippen molar-refractivity contribution in [3.63, 3.8) is 0 Å². The lowest BCUT2D eigenvalue weighted by molar-refractivity contribution is -0.140. The molecule has 8 heteroatoms. The van der Waals surface area contributed by atoms with E-state index < -0.39 is 23.6 Å². The molecule has 7 nitrogen and oxygen atoms in total. The Morgan fingerprint density at radius 1 is 1.36 bits per heavy atom. The van der Waals surface area contributed by atoms with Gasteiger partial charge < -0.3 is 9.47 Å². The maximum Gasteiger partial charge on any atom is 0.356 e. The van der Waals surface area contributed by atoms with Crippen LogP contribution in [0.1, 0.15) is 24.3 Å². The van der Waals surface area contributed by atoms with E-state index in [1.54, 1.807) is 19.9 Å². The second-order valence-electron chi connectivity index (χ2n) is 5.80. The lowest BCUT2D eigenvalue weighted by Crippen LogP contribution is -2.28. The summed E-state index contributed by atoms with van der Waals surface area (Å²) in [5.74, 6) is -0.894. The summed E-state index contributed by atoms with van der Waals surface area (Å²) in [6, 6.07) is 8.68. The molecule has 0 bridgehead atoms. The van der Waals surface area contributed by atoms with E-state index in [1.165, 1.54) is 11.8 Å². The molecule has 0 amide bonds. The molecule has 2 atom stereocenters. The molecule has 0 spiro atoms. The molecule has 1 saturated heterocycles. The highest BCUT2D eigenvalue weighted by atomic mass is 79.9. The maximum absolute atomic E-state index is 12.4. The Labute approximate surface area is 153 Å². The number of nitrogens with one attached hydrogen (secondary N) is 1. The van der Waals surface area contributed by atoms with Crippen molar-refractivity contribution < 1.29 is 19.1 Å². The van der Waals surface area contributed by atoms with Crippen molar-refractivity contribution in [3.8, 4) is 11.3 Å². The number of esters is 2. The standard InChI is InChI=1S/C17H18BrN3O4/c1-4-25-15(22)13-9-12(10-5-7-11(18)8-6-10)20-21(13)17(2)14(19-17)16(23)24-3/h5-9,14,19H,4H2,1-3H3/t14-,17-/m1/s1. The zero-order valence-corrected chi connectivity index (χ0v) is 15.7. The Morgan fingerprint density at radius 2 is 2.04 bits per heavy atom. The van der Waals surface area contributed by atoms with E-state index in [0.29, 0.717) is 5.69 Å². The molecule has 0 radical (unpaired) electrons. The lowest BCUT2D eigenvalue weighted by atomic mass is 10.1. The Kier molecular flexibility index (Phi) is 4.66. The highest BCUT2D eigenvalue weighted by Gasteiger charge is 2.59. The van der Waals surface area contributed by atoms with Gasteiger partial charge in [0.1, 0.15) is 17.4 Å². The number of carbonyl (C=O) groups excluding carboxylic acids is 2. The van der Waals surface area contributed by atoms with E-state index in [0.717, 1.165) is 10.0 Å². The number of aromatic nitrogens is 2. The van der Waals surface area contributed by atoms with Crippen LogP contribution in [0.15, 0.2) is 34.8 Å². The number of rotatable bonds is 5. The number of hydrogen-bond acceptors (Lipinski definition) is 6. The molecule has 1 aliphatic rings. The molecule has 2 aromatic rings. The van der Waals surface area contributed by atoms with E-state index >= 15 is 0 Å². The van der Waals surface area contributed by atoms with Crippen LogP contribution < -0.4 is 5.32 Å². The van der Waals surface area contributed by atoms with Crippen molar-refractivity contribution in [2.24, 2.45) is 0 Å². The van der Waals surface area contributed by atoms with Crippen LogP contribution in [0.25, 0.3) is 11.3 Å². The highest BCUT2D eigenvalue weighted by Crippen LogP contribution is 2.35. The van der Waals surface area contributed by atoms with Crippen molar-refractivity contribution in [2.75, 3.05) is 13.7 Å². The third-order valence-corrected chi connectivity index (χ3v) is 4.65. The summed E-state index contributed by atoms with van der Waals surface area (Å²) in [6.45, 7) is 3.78. The fourth-order valence-corrected chi connectivity index (χ4v) is 2.95. The SMILES string of the molecule is CCOC(=O)c1cc(-c2ccc(Br)cc2)nn1[C@@]1(C)N[C@@H]1C(=O)OC. The van der Waals surface area contributed by atoms with E-state index in [4.69, 9.17) is 9.47 Å². The molecule has 1 aromatic carbocycles. The molecule has 0 saturated carbocycles. The second-order valence-corrected chi connectivity index (χ2v) is 6.72. The fraction of sp³-hybridized carbons (Fsp3) is 0.353. The van der Waals surface area contributed by atoms with Crippen molar-refractivity contribution in [2.45, 2.75) is 25.6 Å². The van der Waals surface area contributed by atoms with Gasteiger partial charge in [-0.3, -0.25) is 10.1 Å². The minimum Gasteiger partial charge on any atom is -0.468 e. The van der Waals surface area contributed by atoms with Gasteiger partial charge in [-0.25, -0.2) is 9.48 Å². The largest absolute Gasteiger partial charge is 0.468 e. The summed E-state index contributed by atoms with van der Waals surface area (Å²) in [4.78, 5) is 24.2. The molecule has 1 aromatic heterocycles. The quantitative estimate of drug-likeness (QED) is 0.603. The molecule has 1 fully saturated rings. The Hall–Kier alpha value is -2.19. The fourth-order valence-electron chi connectivity index (χ4n) is 2.69. The van der Waals surface area contributed by atoms with E-state index in [9.17, 15) is 9.59 Å². The molecule has 25 heavy (non-hydrogen) atoms. The van der Waals surface area contributed by atoms with Crippen molar-refractivity contribution in [1.29, 1.82) is 0 Å². The maximum atomic E-state index is 12.4. The van der Waals surface area contributed by atoms with Gasteiger partial charge in [0.15, 0.2) is 0 Å². The summed E-state index contributed by atoms with van der Waals surface area (Å²) in [5.41, 5.74) is 0.921. The minimum absolute atomic E-state index is 0.252. The zero-order valence-electron chi connectivity index (χ0n) is 14.1. The predicted molar refractivity (Wildman–Crippen MR) is 93.9 cm³/mol. The van der Waals surface area contributed by atoms with Gasteiger partial charge in [0.05, 0.1) is 19.4 Å². The summed E-state index contributed by atoms with van der Waals surface area (Å²) in [6.07, 6.45) is 0. The first-order chi connectivity index (χ1) is 11.9. The number of carbonyl (C=O) groups is 2. The number of methoxy groups -OCH3 is 1. The van der Waals surface area contributed by atoms with Crippen LogP contribution in [-0.4, -0.2) is 41.5 Å². The first-order valence-electron chi connectivity index (χ1n) is 7.80. The molecule has 1 N–H and O–H groups in total. The molecule has 3 rings (SSSR count). The van der Waals surface area contributed by atoms with Gasteiger partial charge in [0.25, 0.3) is 0 Å². The number of nitrogens with zero attached hydrogens (tertiary/aromatic N) is 2. The number of hydrogen-bond donors (Lipinski definition) is 1. The van der Waals surface area contributed by atoms with Gasteiger partial charge in [-0.15, -0.1) is 0 Å². The first kappa shape index (κ1) is 17.6. The molecule has 2 heterocycles. The van der Waals surface area contributed by atoms with Gasteiger partial charge in [-0.05, 0) is 32.0 Å². The van der Waals surface area contributed by atoms with Crippen LogP contribution in [0.5, 0.6) is 0 Å². The summed E-state index contributed by atoms with van der Waals surface area (Å²) < 4.78 is 12.4. The number of halogens is 1. The van der Waals surface area contributed by atoms with Gasteiger partial charge >= 0.3 is 11.9 Å². The third-order valence-electron chi connectivity index (χ3n) is 4.13. The van der Waals surface area contributed by atoms with Crippen LogP contribution in [0.4, 0.5) is 0 Å². The normalized spacial score (nSPS) is 21.7. The highest BCUT2D eigenvalue weighted by molar-refractivity contribution is 9.10. The van der Waals surface area contributed by atoms with Gasteiger partial charge in [0.2, 0.25) is 0 Å². The summed E-state index contributed by atoms with van der Waals surface area (Å²) in [7, 11) is 1.32. The van der Waals surface area contributed by atoms with Crippen LogP contribution in [0.3, 0.4) is 0 Å². The Balaban J connectivity index is 2.03. The van der Waals surface area contributed by atoms with Crippen LogP contribution in [0, 0.1) is 0 Å². The minimum atomic E-state index is -0.831. The molecular weight excluding hydrogens is 390 g/mol. The van der Waals surface area contributed by atoms with Gasteiger partial charge in [-0.2, -0.15) is 5.10 Å². The van der Waals surface area contributed by atoms with Gasteiger partial charge in [-0.1, -0.05) is 28.1 Å². The average molecular weight is 408 g/mol. The Bertz CT molecular complexity index is 818. The zero-order chi connectivity index (χ0) is 18.2. The summed E-state index contributed by atoms with van der Waals surface area (Å²) >= 11 is 3.39.